The summed E-state index contributed by atoms with van der Waals surface area (Å²) in [6, 6.07) is 3.20. The first-order valence-corrected chi connectivity index (χ1v) is 12.9. The van der Waals surface area contributed by atoms with Crippen LogP contribution in [0.25, 0.3) is 0 Å². The Morgan fingerprint density at radius 2 is 1.70 bits per heavy atom. The maximum Gasteiger partial charge on any atom is 0.437 e. The number of anilines is 2. The van der Waals surface area contributed by atoms with E-state index in [2.05, 4.69) is 20.0 Å². The van der Waals surface area contributed by atoms with Gasteiger partial charge in [0.15, 0.2) is 23.6 Å². The number of halogens is 6. The summed E-state index contributed by atoms with van der Waals surface area (Å²) in [5.41, 5.74) is -0.785. The Balaban J connectivity index is 1.42. The van der Waals surface area contributed by atoms with Crippen LogP contribution in [0.1, 0.15) is 61.6 Å². The number of rotatable bonds is 8. The van der Waals surface area contributed by atoms with E-state index in [9.17, 15) is 31.1 Å². The molecule has 1 amide bonds. The number of pyridine rings is 1. The zero-order chi connectivity index (χ0) is 29.1. The number of carbonyl (C=O) groups is 1. The van der Waals surface area contributed by atoms with Crippen molar-refractivity contribution in [3.8, 4) is 0 Å². The lowest BCUT2D eigenvalue weighted by Crippen LogP contribution is -2.54. The lowest BCUT2D eigenvalue weighted by molar-refractivity contribution is -0.217. The molecule has 3 heterocycles. The number of methoxy groups -OCH3 is 2. The summed E-state index contributed by atoms with van der Waals surface area (Å²) in [5.74, 6) is -1.24. The molecule has 1 saturated heterocycles. The molecule has 0 spiro atoms. The van der Waals surface area contributed by atoms with Crippen LogP contribution in [0.15, 0.2) is 22.7 Å². The summed E-state index contributed by atoms with van der Waals surface area (Å²) in [4.78, 5) is 23.2. The Morgan fingerprint density at radius 1 is 1.02 bits per heavy atom. The molecule has 40 heavy (non-hydrogen) atoms. The van der Waals surface area contributed by atoms with Crippen LogP contribution in [0.5, 0.6) is 0 Å². The van der Waals surface area contributed by atoms with Crippen molar-refractivity contribution in [3.05, 3.63) is 35.7 Å². The fraction of sp³-hybridized carbons (Fsp3) is 0.640. The first-order chi connectivity index (χ1) is 18.9. The van der Waals surface area contributed by atoms with Gasteiger partial charge >= 0.3 is 12.4 Å². The van der Waals surface area contributed by atoms with E-state index in [4.69, 9.17) is 9.15 Å². The molecule has 2 fully saturated rings. The highest BCUT2D eigenvalue weighted by atomic mass is 19.4. The molecule has 4 rings (SSSR count). The minimum absolute atomic E-state index is 0.0389. The molecule has 1 aliphatic heterocycles. The Hall–Kier alpha value is -3.07. The van der Waals surface area contributed by atoms with Crippen molar-refractivity contribution in [1.29, 1.82) is 0 Å². The number of hydrogen-bond acceptors (Lipinski definition) is 8. The molecule has 222 valence electrons. The molecule has 0 aromatic carbocycles. The van der Waals surface area contributed by atoms with Gasteiger partial charge in [-0.3, -0.25) is 4.79 Å². The van der Waals surface area contributed by atoms with E-state index in [-0.39, 0.29) is 38.0 Å². The summed E-state index contributed by atoms with van der Waals surface area (Å²) in [6.45, 7) is 0.545. The van der Waals surface area contributed by atoms with Gasteiger partial charge in [-0.1, -0.05) is 19.3 Å². The van der Waals surface area contributed by atoms with Gasteiger partial charge in [0.1, 0.15) is 5.82 Å². The van der Waals surface area contributed by atoms with Crippen LogP contribution in [0, 0.1) is 0 Å². The number of hydrogen-bond donors (Lipinski definition) is 1. The van der Waals surface area contributed by atoms with Gasteiger partial charge in [-0.2, -0.15) is 26.3 Å². The second kappa shape index (κ2) is 12.2. The van der Waals surface area contributed by atoms with Crippen LogP contribution in [-0.2, 0) is 20.4 Å². The van der Waals surface area contributed by atoms with Gasteiger partial charge < -0.3 is 29.0 Å². The fourth-order valence-electron chi connectivity index (χ4n) is 4.99. The second-order valence-electron chi connectivity index (χ2n) is 9.73. The molecule has 2 unspecified atom stereocenters. The molecular weight excluding hydrogens is 548 g/mol. The van der Waals surface area contributed by atoms with Crippen molar-refractivity contribution in [2.24, 2.45) is 0 Å². The Morgan fingerprint density at radius 3 is 2.23 bits per heavy atom. The largest absolute Gasteiger partial charge is 0.440 e. The van der Waals surface area contributed by atoms with Crippen molar-refractivity contribution in [2.45, 2.75) is 62.7 Å². The monoisotopic (exact) mass is 579 g/mol. The number of oxazole rings is 1. The van der Waals surface area contributed by atoms with Crippen LogP contribution in [0.2, 0.25) is 0 Å². The molecule has 0 radical (unpaired) electrons. The normalized spacial score (nSPS) is 19.0. The number of alkyl halides is 6. The van der Waals surface area contributed by atoms with Gasteiger partial charge in [-0.15, -0.1) is 0 Å². The highest BCUT2D eigenvalue weighted by Gasteiger charge is 2.47. The van der Waals surface area contributed by atoms with E-state index in [1.54, 1.807) is 17.0 Å². The quantitative estimate of drug-likeness (QED) is 0.341. The average molecular weight is 580 g/mol. The zero-order valence-electron chi connectivity index (χ0n) is 22.0. The first kappa shape index (κ1) is 29.9. The second-order valence-corrected chi connectivity index (χ2v) is 9.73. The van der Waals surface area contributed by atoms with Crippen LogP contribution in [-0.4, -0.2) is 73.5 Å². The van der Waals surface area contributed by atoms with Gasteiger partial charge in [0.05, 0.1) is 11.9 Å². The Bertz CT molecular complexity index is 1130. The smallest absolute Gasteiger partial charge is 0.437 e. The van der Waals surface area contributed by atoms with Crippen molar-refractivity contribution in [3.63, 3.8) is 0 Å². The number of carbonyl (C=O) groups excluding carboxylic acids is 1. The molecule has 2 atom stereocenters. The predicted octanol–water partition coefficient (Wildman–Crippen LogP) is 5.12. The first-order valence-electron chi connectivity index (χ1n) is 12.9. The maximum atomic E-state index is 13.8. The van der Waals surface area contributed by atoms with Crippen LogP contribution >= 0.6 is 0 Å². The van der Waals surface area contributed by atoms with Gasteiger partial charge in [0.25, 0.3) is 5.91 Å². The molecular formula is C25H31F6N5O4. The molecule has 9 nitrogen and oxygen atoms in total. The summed E-state index contributed by atoms with van der Waals surface area (Å²) >= 11 is 0. The fourth-order valence-corrected chi connectivity index (χ4v) is 4.99. The highest BCUT2D eigenvalue weighted by Crippen LogP contribution is 2.40. The van der Waals surface area contributed by atoms with Crippen molar-refractivity contribution in [1.82, 2.24) is 14.9 Å². The zero-order valence-corrected chi connectivity index (χ0v) is 22.0. The number of nitrogens with zero attached hydrogens (tertiary/aromatic N) is 4. The van der Waals surface area contributed by atoms with E-state index in [1.165, 1.54) is 13.3 Å². The predicted molar refractivity (Wildman–Crippen MR) is 131 cm³/mol. The summed E-state index contributed by atoms with van der Waals surface area (Å²) in [5, 5.41) is 2.85. The molecule has 1 N–H and O–H groups in total. The maximum absolute atomic E-state index is 13.8. The van der Waals surface area contributed by atoms with E-state index in [1.807, 2.05) is 0 Å². The summed E-state index contributed by atoms with van der Waals surface area (Å²) in [7, 11) is 2.08. The van der Waals surface area contributed by atoms with E-state index in [0.717, 1.165) is 31.3 Å². The van der Waals surface area contributed by atoms with Gasteiger partial charge in [0.2, 0.25) is 6.10 Å². The van der Waals surface area contributed by atoms with E-state index < -0.39 is 42.0 Å². The molecule has 15 heteroatoms. The number of piperazine rings is 1. The van der Waals surface area contributed by atoms with Crippen molar-refractivity contribution >= 4 is 17.4 Å². The Labute approximate surface area is 226 Å². The molecule has 2 aromatic heterocycles. The number of aromatic nitrogens is 2. The van der Waals surface area contributed by atoms with Crippen molar-refractivity contribution < 1.29 is 45.0 Å². The minimum atomic E-state index is -4.81. The van der Waals surface area contributed by atoms with Crippen LogP contribution in [0.4, 0.5) is 37.8 Å². The van der Waals surface area contributed by atoms with Gasteiger partial charge in [-0.25, -0.2) is 9.97 Å². The lowest BCUT2D eigenvalue weighted by atomic mass is 9.89. The highest BCUT2D eigenvalue weighted by molar-refractivity contribution is 5.82. The summed E-state index contributed by atoms with van der Waals surface area (Å²) < 4.78 is 95.8. The SMILES string of the molecule is COC(Nc1ccc(N2CCN(C(=O)C(OC)C(F)(F)F)CC2)nc1)c1oc(C2CCCCC2)nc1C(F)(F)F. The number of ether oxygens (including phenoxy) is 2. The van der Waals surface area contributed by atoms with Gasteiger partial charge in [0, 0.05) is 46.3 Å². The molecule has 1 aliphatic carbocycles. The molecule has 0 bridgehead atoms. The van der Waals surface area contributed by atoms with Crippen LogP contribution < -0.4 is 10.2 Å². The standard InChI is InChI=1S/C25H31F6N5O4/c1-38-20(25(29,30)31)23(37)36-12-10-35(11-13-36)17-9-8-16(14-32-17)33-22(39-2)18-19(24(26,27)28)34-21(40-18)15-6-4-3-5-7-15/h8-9,14-15,20,22,33H,3-7,10-13H2,1-2H3. The van der Waals surface area contributed by atoms with Crippen molar-refractivity contribution in [2.75, 3.05) is 50.6 Å². The van der Waals surface area contributed by atoms with E-state index in [0.29, 0.717) is 24.3 Å². The average Bonchev–Trinajstić information content (AvgIpc) is 3.38. The molecule has 1 saturated carbocycles. The third-order valence-corrected chi connectivity index (χ3v) is 7.08. The van der Waals surface area contributed by atoms with Gasteiger partial charge in [-0.05, 0) is 25.0 Å². The van der Waals surface area contributed by atoms with Crippen LogP contribution in [0.3, 0.4) is 0 Å². The third kappa shape index (κ3) is 6.79. The number of nitrogens with one attached hydrogen (secondary N) is 1. The number of amides is 1. The van der Waals surface area contributed by atoms with E-state index >= 15 is 0 Å². The Kier molecular flexibility index (Phi) is 9.12. The topological polar surface area (TPSA) is 93.0 Å². The molecule has 2 aromatic rings. The summed E-state index contributed by atoms with van der Waals surface area (Å²) in [6.07, 6.45) is -7.69. The molecule has 2 aliphatic rings. The minimum Gasteiger partial charge on any atom is -0.440 e. The third-order valence-electron chi connectivity index (χ3n) is 7.08. The lowest BCUT2D eigenvalue weighted by Gasteiger charge is -2.37.